The summed E-state index contributed by atoms with van der Waals surface area (Å²) in [5.41, 5.74) is 3.84. The van der Waals surface area contributed by atoms with Crippen LogP contribution in [0.2, 0.25) is 0 Å². The van der Waals surface area contributed by atoms with Crippen molar-refractivity contribution in [1.82, 2.24) is 0 Å². The molecule has 0 aliphatic heterocycles. The largest absolute Gasteiger partial charge is 0.496 e. The van der Waals surface area contributed by atoms with Gasteiger partial charge in [0.15, 0.2) is 0 Å². The molecule has 0 saturated carbocycles. The van der Waals surface area contributed by atoms with Crippen molar-refractivity contribution in [3.63, 3.8) is 0 Å². The van der Waals surface area contributed by atoms with Crippen LogP contribution in [0.25, 0.3) is 11.1 Å². The molecule has 17 heavy (non-hydrogen) atoms. The van der Waals surface area contributed by atoms with E-state index in [1.807, 2.05) is 37.3 Å². The Hall–Kier alpha value is -2.09. The quantitative estimate of drug-likeness (QED) is 0.749. The van der Waals surface area contributed by atoms with Gasteiger partial charge in [-0.15, -0.1) is 0 Å². The van der Waals surface area contributed by atoms with E-state index in [-0.39, 0.29) is 0 Å². The Morgan fingerprint density at radius 1 is 1.12 bits per heavy atom. The number of methoxy groups -OCH3 is 1. The Morgan fingerprint density at radius 2 is 1.94 bits per heavy atom. The van der Waals surface area contributed by atoms with Gasteiger partial charge in [-0.2, -0.15) is 0 Å². The van der Waals surface area contributed by atoms with E-state index in [4.69, 9.17) is 4.74 Å². The molecule has 0 saturated heterocycles. The fraction of sp³-hybridized carbons (Fsp3) is 0.133. The Labute approximate surface area is 101 Å². The third-order valence-corrected chi connectivity index (χ3v) is 2.69. The number of carbonyl (C=O) groups excluding carboxylic acids is 1. The molecule has 0 unspecified atom stereocenters. The molecule has 2 aromatic carbocycles. The van der Waals surface area contributed by atoms with Gasteiger partial charge in [0.05, 0.1) is 7.11 Å². The van der Waals surface area contributed by atoms with Gasteiger partial charge in [0, 0.05) is 11.1 Å². The maximum Gasteiger partial charge on any atom is 0.150 e. The zero-order valence-electron chi connectivity index (χ0n) is 9.94. The molecule has 2 rings (SSSR count). The van der Waals surface area contributed by atoms with Crippen LogP contribution < -0.4 is 4.74 Å². The van der Waals surface area contributed by atoms with Crippen LogP contribution in [0.1, 0.15) is 15.9 Å². The highest BCUT2D eigenvalue weighted by molar-refractivity contribution is 5.81. The summed E-state index contributed by atoms with van der Waals surface area (Å²) in [7, 11) is 1.63. The first kappa shape index (κ1) is 11.4. The summed E-state index contributed by atoms with van der Waals surface area (Å²) in [6.07, 6.45) is 0.846. The normalized spacial score (nSPS) is 10.0. The smallest absolute Gasteiger partial charge is 0.150 e. The molecule has 2 aromatic rings. The molecule has 2 heteroatoms. The molecule has 0 heterocycles. The molecule has 0 N–H and O–H groups in total. The molecule has 0 bridgehead atoms. The molecule has 0 aromatic heterocycles. The number of aldehydes is 1. The summed E-state index contributed by atoms with van der Waals surface area (Å²) in [4.78, 5) is 10.8. The number of benzene rings is 2. The van der Waals surface area contributed by atoms with Gasteiger partial charge < -0.3 is 4.74 Å². The van der Waals surface area contributed by atoms with Crippen molar-refractivity contribution in [3.05, 3.63) is 53.6 Å². The Balaban J connectivity index is 2.59. The lowest BCUT2D eigenvalue weighted by Crippen LogP contribution is -1.90. The standard InChI is InChI=1S/C15H14O2/c1-11-4-3-5-13(8-11)14-9-12(10-16)6-7-15(14)17-2/h3-10H,1-2H3. The predicted molar refractivity (Wildman–Crippen MR) is 68.6 cm³/mol. The second-order valence-electron chi connectivity index (χ2n) is 3.95. The van der Waals surface area contributed by atoms with Crippen LogP contribution in [0.4, 0.5) is 0 Å². The molecule has 0 atom stereocenters. The van der Waals surface area contributed by atoms with Gasteiger partial charge in [0.2, 0.25) is 0 Å². The van der Waals surface area contributed by atoms with E-state index >= 15 is 0 Å². The topological polar surface area (TPSA) is 26.3 Å². The number of rotatable bonds is 3. The molecular formula is C15H14O2. The molecule has 86 valence electrons. The van der Waals surface area contributed by atoms with Gasteiger partial charge in [-0.3, -0.25) is 4.79 Å². The summed E-state index contributed by atoms with van der Waals surface area (Å²) < 4.78 is 5.32. The van der Waals surface area contributed by atoms with Crippen molar-refractivity contribution in [3.8, 4) is 16.9 Å². The third-order valence-electron chi connectivity index (χ3n) is 2.69. The van der Waals surface area contributed by atoms with E-state index in [1.54, 1.807) is 13.2 Å². The zero-order chi connectivity index (χ0) is 12.3. The van der Waals surface area contributed by atoms with Crippen LogP contribution >= 0.6 is 0 Å². The lowest BCUT2D eigenvalue weighted by molar-refractivity contribution is 0.112. The molecule has 0 radical (unpaired) electrons. The summed E-state index contributed by atoms with van der Waals surface area (Å²) in [6, 6.07) is 13.6. The minimum atomic E-state index is 0.655. The summed E-state index contributed by atoms with van der Waals surface area (Å²) >= 11 is 0. The molecule has 0 aliphatic rings. The molecule has 0 spiro atoms. The van der Waals surface area contributed by atoms with E-state index < -0.39 is 0 Å². The van der Waals surface area contributed by atoms with Gasteiger partial charge in [-0.25, -0.2) is 0 Å². The molecule has 0 amide bonds. The maximum atomic E-state index is 10.8. The van der Waals surface area contributed by atoms with E-state index in [0.29, 0.717) is 5.56 Å². The van der Waals surface area contributed by atoms with E-state index in [1.165, 1.54) is 5.56 Å². The van der Waals surface area contributed by atoms with Crippen LogP contribution in [0.3, 0.4) is 0 Å². The molecule has 0 aliphatic carbocycles. The first-order valence-corrected chi connectivity index (χ1v) is 5.45. The summed E-state index contributed by atoms with van der Waals surface area (Å²) in [5, 5.41) is 0. The second kappa shape index (κ2) is 4.83. The first-order chi connectivity index (χ1) is 8.24. The van der Waals surface area contributed by atoms with Crippen LogP contribution in [0.5, 0.6) is 5.75 Å². The average molecular weight is 226 g/mol. The highest BCUT2D eigenvalue weighted by Crippen LogP contribution is 2.30. The van der Waals surface area contributed by atoms with Crippen LogP contribution in [-0.4, -0.2) is 13.4 Å². The minimum Gasteiger partial charge on any atom is -0.496 e. The van der Waals surface area contributed by atoms with E-state index in [9.17, 15) is 4.79 Å². The maximum absolute atomic E-state index is 10.8. The van der Waals surface area contributed by atoms with Crippen LogP contribution in [0, 0.1) is 6.92 Å². The number of carbonyl (C=O) groups is 1. The number of ether oxygens (including phenoxy) is 1. The summed E-state index contributed by atoms with van der Waals surface area (Å²) in [6.45, 7) is 2.04. The molecule has 0 fully saturated rings. The monoisotopic (exact) mass is 226 g/mol. The lowest BCUT2D eigenvalue weighted by atomic mass is 10.0. The van der Waals surface area contributed by atoms with Crippen molar-refractivity contribution in [2.24, 2.45) is 0 Å². The van der Waals surface area contributed by atoms with E-state index in [2.05, 4.69) is 6.07 Å². The van der Waals surface area contributed by atoms with Crippen molar-refractivity contribution in [2.45, 2.75) is 6.92 Å². The highest BCUT2D eigenvalue weighted by atomic mass is 16.5. The van der Waals surface area contributed by atoms with Gasteiger partial charge in [0.1, 0.15) is 12.0 Å². The lowest BCUT2D eigenvalue weighted by Gasteiger charge is -2.09. The second-order valence-corrected chi connectivity index (χ2v) is 3.95. The Kier molecular flexibility index (Phi) is 3.24. The van der Waals surface area contributed by atoms with Gasteiger partial charge in [-0.05, 0) is 30.7 Å². The third kappa shape index (κ3) is 2.36. The Bertz CT molecular complexity index is 544. The fourth-order valence-corrected chi connectivity index (χ4v) is 1.84. The fourth-order valence-electron chi connectivity index (χ4n) is 1.84. The first-order valence-electron chi connectivity index (χ1n) is 5.45. The van der Waals surface area contributed by atoms with E-state index in [0.717, 1.165) is 23.2 Å². The minimum absolute atomic E-state index is 0.655. The number of aryl methyl sites for hydroxylation is 1. The summed E-state index contributed by atoms with van der Waals surface area (Å²) in [5.74, 6) is 0.779. The van der Waals surface area contributed by atoms with Gasteiger partial charge in [-0.1, -0.05) is 29.8 Å². The highest BCUT2D eigenvalue weighted by Gasteiger charge is 2.06. The molecular weight excluding hydrogens is 212 g/mol. The van der Waals surface area contributed by atoms with Crippen molar-refractivity contribution < 1.29 is 9.53 Å². The van der Waals surface area contributed by atoms with Gasteiger partial charge in [0.25, 0.3) is 0 Å². The van der Waals surface area contributed by atoms with Crippen molar-refractivity contribution in [2.75, 3.05) is 7.11 Å². The SMILES string of the molecule is COc1ccc(C=O)cc1-c1cccc(C)c1. The van der Waals surface area contributed by atoms with Crippen LogP contribution in [-0.2, 0) is 0 Å². The van der Waals surface area contributed by atoms with Crippen molar-refractivity contribution >= 4 is 6.29 Å². The Morgan fingerprint density at radius 3 is 2.59 bits per heavy atom. The number of hydrogen-bond donors (Lipinski definition) is 0. The predicted octanol–water partition coefficient (Wildman–Crippen LogP) is 3.48. The van der Waals surface area contributed by atoms with Crippen molar-refractivity contribution in [1.29, 1.82) is 0 Å². The zero-order valence-corrected chi connectivity index (χ0v) is 9.94. The number of hydrogen-bond acceptors (Lipinski definition) is 2. The van der Waals surface area contributed by atoms with Gasteiger partial charge >= 0.3 is 0 Å². The molecule has 2 nitrogen and oxygen atoms in total. The average Bonchev–Trinajstić information content (AvgIpc) is 2.38. The van der Waals surface area contributed by atoms with Crippen LogP contribution in [0.15, 0.2) is 42.5 Å².